The third-order valence-electron chi connectivity index (χ3n) is 5.33. The number of para-hydroxylation sites is 1. The number of hydrogen-bond donors (Lipinski definition) is 2. The van der Waals surface area contributed by atoms with Crippen molar-refractivity contribution in [2.24, 2.45) is 0 Å². The van der Waals surface area contributed by atoms with Crippen molar-refractivity contribution in [1.29, 1.82) is 0 Å². The lowest BCUT2D eigenvalue weighted by molar-refractivity contribution is -0.144. The molecule has 1 fully saturated rings. The van der Waals surface area contributed by atoms with E-state index in [4.69, 9.17) is 0 Å². The van der Waals surface area contributed by atoms with Crippen molar-refractivity contribution in [3.63, 3.8) is 0 Å². The van der Waals surface area contributed by atoms with E-state index < -0.39 is 12.0 Å². The number of carboxylic acids is 1. The number of hydrogen-bond acceptors (Lipinski definition) is 4. The molecule has 6 heteroatoms. The third-order valence-corrected chi connectivity index (χ3v) is 5.33. The van der Waals surface area contributed by atoms with Crippen LogP contribution in [0.2, 0.25) is 0 Å². The predicted octanol–water partition coefficient (Wildman–Crippen LogP) is 2.55. The Labute approximate surface area is 158 Å². The van der Waals surface area contributed by atoms with Crippen molar-refractivity contribution in [2.45, 2.75) is 12.5 Å². The molecule has 2 aromatic heterocycles. The van der Waals surface area contributed by atoms with Crippen LogP contribution in [0.4, 0.5) is 0 Å². The number of aromatic amines is 1. The summed E-state index contributed by atoms with van der Waals surface area (Å²) in [5.41, 5.74) is 2.93. The van der Waals surface area contributed by atoms with E-state index in [-0.39, 0.29) is 0 Å². The quantitative estimate of drug-likeness (QED) is 0.703. The van der Waals surface area contributed by atoms with Gasteiger partial charge in [-0.05, 0) is 18.2 Å². The lowest BCUT2D eigenvalue weighted by atomic mass is 10.0. The van der Waals surface area contributed by atoms with Crippen LogP contribution in [0.5, 0.6) is 0 Å². The van der Waals surface area contributed by atoms with Gasteiger partial charge >= 0.3 is 5.97 Å². The van der Waals surface area contributed by atoms with Crippen LogP contribution in [0.25, 0.3) is 10.9 Å². The Balaban J connectivity index is 1.41. The van der Waals surface area contributed by atoms with Crippen LogP contribution in [-0.4, -0.2) is 63.6 Å². The molecule has 1 aliphatic rings. The summed E-state index contributed by atoms with van der Waals surface area (Å²) in [6.07, 6.45) is 4.59. The maximum absolute atomic E-state index is 12.1. The number of nitrogens with one attached hydrogen (secondary N) is 1. The van der Waals surface area contributed by atoms with Gasteiger partial charge in [-0.1, -0.05) is 24.3 Å². The third kappa shape index (κ3) is 3.86. The fraction of sp³-hybridized carbons (Fsp3) is 0.333. The minimum absolute atomic E-state index is 0.612. The highest BCUT2D eigenvalue weighted by atomic mass is 16.4. The maximum Gasteiger partial charge on any atom is 0.325 e. The average Bonchev–Trinajstić information content (AvgIpc) is 3.12. The molecule has 1 atom stereocenters. The monoisotopic (exact) mass is 364 g/mol. The van der Waals surface area contributed by atoms with Crippen LogP contribution < -0.4 is 0 Å². The Bertz CT molecular complexity index is 901. The second kappa shape index (κ2) is 7.90. The lowest BCUT2D eigenvalue weighted by Gasteiger charge is -2.37. The van der Waals surface area contributed by atoms with Gasteiger partial charge in [0.05, 0.1) is 0 Å². The van der Waals surface area contributed by atoms with E-state index in [9.17, 15) is 9.90 Å². The molecule has 4 rings (SSSR count). The van der Waals surface area contributed by atoms with Crippen LogP contribution in [0.3, 0.4) is 0 Å². The van der Waals surface area contributed by atoms with E-state index in [0.29, 0.717) is 0 Å². The van der Waals surface area contributed by atoms with Gasteiger partial charge in [0.2, 0.25) is 0 Å². The molecule has 0 spiro atoms. The SMILES string of the molecule is O=C(O)[C@@H](c1c[nH]c2ccccc12)N1CCN(CCc2ccccn2)CC1. The van der Waals surface area contributed by atoms with Gasteiger partial charge in [-0.15, -0.1) is 0 Å². The van der Waals surface area contributed by atoms with Crippen molar-refractivity contribution in [2.75, 3.05) is 32.7 Å². The number of carboxylic acid groups (broad SMARTS) is 1. The molecule has 0 radical (unpaired) electrons. The van der Waals surface area contributed by atoms with Crippen molar-refractivity contribution >= 4 is 16.9 Å². The molecule has 0 aliphatic carbocycles. The molecule has 3 aromatic rings. The molecule has 2 N–H and O–H groups in total. The standard InChI is InChI=1S/C21H24N4O2/c26-21(27)20(18-15-23-19-7-2-1-6-17(18)19)25-13-11-24(12-14-25)10-8-16-5-3-4-9-22-16/h1-7,9,15,20,23H,8,10-14H2,(H,26,27)/t20-/m1/s1. The molecule has 0 amide bonds. The molecule has 0 unspecified atom stereocenters. The highest BCUT2D eigenvalue weighted by Crippen LogP contribution is 2.29. The largest absolute Gasteiger partial charge is 0.480 e. The predicted molar refractivity (Wildman–Crippen MR) is 105 cm³/mol. The fourth-order valence-corrected chi connectivity index (χ4v) is 3.87. The minimum Gasteiger partial charge on any atom is -0.480 e. The van der Waals surface area contributed by atoms with Gasteiger partial charge in [0.25, 0.3) is 0 Å². The van der Waals surface area contributed by atoms with Crippen molar-refractivity contribution in [1.82, 2.24) is 19.8 Å². The van der Waals surface area contributed by atoms with Gasteiger partial charge in [0.15, 0.2) is 0 Å². The average molecular weight is 364 g/mol. The number of H-pyrrole nitrogens is 1. The Morgan fingerprint density at radius 2 is 1.89 bits per heavy atom. The molecule has 0 saturated carbocycles. The van der Waals surface area contributed by atoms with Gasteiger partial charge in [-0.3, -0.25) is 14.7 Å². The van der Waals surface area contributed by atoms with Gasteiger partial charge in [0.1, 0.15) is 6.04 Å². The lowest BCUT2D eigenvalue weighted by Crippen LogP contribution is -2.49. The molecular formula is C21H24N4O2. The van der Waals surface area contributed by atoms with E-state index in [0.717, 1.165) is 61.3 Å². The Kier molecular flexibility index (Phi) is 5.18. The smallest absolute Gasteiger partial charge is 0.325 e. The van der Waals surface area contributed by atoms with Crippen LogP contribution >= 0.6 is 0 Å². The summed E-state index contributed by atoms with van der Waals surface area (Å²) in [6, 6.07) is 13.3. The number of rotatable bonds is 6. The molecule has 3 heterocycles. The first-order valence-electron chi connectivity index (χ1n) is 9.37. The highest BCUT2D eigenvalue weighted by Gasteiger charge is 2.31. The Morgan fingerprint density at radius 1 is 1.11 bits per heavy atom. The Hall–Kier alpha value is -2.70. The van der Waals surface area contributed by atoms with Gasteiger partial charge in [-0.25, -0.2) is 0 Å². The van der Waals surface area contributed by atoms with E-state index in [1.54, 1.807) is 0 Å². The highest BCUT2D eigenvalue weighted by molar-refractivity contribution is 5.89. The van der Waals surface area contributed by atoms with E-state index in [2.05, 4.69) is 19.8 Å². The zero-order valence-electron chi connectivity index (χ0n) is 15.2. The minimum atomic E-state index is -0.790. The first-order chi connectivity index (χ1) is 13.2. The van der Waals surface area contributed by atoms with Crippen molar-refractivity contribution in [3.05, 3.63) is 66.1 Å². The number of aliphatic carboxylic acids is 1. The molecule has 1 saturated heterocycles. The maximum atomic E-state index is 12.1. The molecule has 27 heavy (non-hydrogen) atoms. The molecule has 6 nitrogen and oxygen atoms in total. The molecule has 140 valence electrons. The molecule has 1 aliphatic heterocycles. The number of piperazine rings is 1. The molecular weight excluding hydrogens is 340 g/mol. The first kappa shape index (κ1) is 17.7. The number of carbonyl (C=O) groups is 1. The zero-order chi connectivity index (χ0) is 18.6. The number of pyridine rings is 1. The Morgan fingerprint density at radius 3 is 2.63 bits per heavy atom. The van der Waals surface area contributed by atoms with Crippen LogP contribution in [0.1, 0.15) is 17.3 Å². The van der Waals surface area contributed by atoms with Crippen molar-refractivity contribution in [3.8, 4) is 0 Å². The second-order valence-electron chi connectivity index (χ2n) is 6.98. The summed E-state index contributed by atoms with van der Waals surface area (Å²) in [7, 11) is 0. The number of fused-ring (bicyclic) bond motifs is 1. The molecule has 0 bridgehead atoms. The zero-order valence-corrected chi connectivity index (χ0v) is 15.2. The summed E-state index contributed by atoms with van der Waals surface area (Å²) in [6.45, 7) is 4.20. The van der Waals surface area contributed by atoms with E-state index in [1.807, 2.05) is 54.9 Å². The van der Waals surface area contributed by atoms with E-state index >= 15 is 0 Å². The summed E-state index contributed by atoms with van der Waals surface area (Å²) in [5.74, 6) is -0.790. The fourth-order valence-electron chi connectivity index (χ4n) is 3.87. The summed E-state index contributed by atoms with van der Waals surface area (Å²) in [4.78, 5) is 24.1. The normalized spacial score (nSPS) is 17.2. The van der Waals surface area contributed by atoms with Crippen LogP contribution in [0, 0.1) is 0 Å². The number of benzene rings is 1. The first-order valence-corrected chi connectivity index (χ1v) is 9.37. The molecule has 1 aromatic carbocycles. The van der Waals surface area contributed by atoms with Gasteiger partial charge in [0, 0.05) is 73.7 Å². The summed E-state index contributed by atoms with van der Waals surface area (Å²) in [5, 5.41) is 10.9. The van der Waals surface area contributed by atoms with Gasteiger partial charge in [-0.2, -0.15) is 0 Å². The topological polar surface area (TPSA) is 72.5 Å². The number of aromatic nitrogens is 2. The van der Waals surface area contributed by atoms with Gasteiger partial charge < -0.3 is 15.0 Å². The summed E-state index contributed by atoms with van der Waals surface area (Å²) >= 11 is 0. The van der Waals surface area contributed by atoms with Crippen LogP contribution in [0.15, 0.2) is 54.9 Å². The summed E-state index contributed by atoms with van der Waals surface area (Å²) < 4.78 is 0. The number of nitrogens with zero attached hydrogens (tertiary/aromatic N) is 3. The second-order valence-corrected chi connectivity index (χ2v) is 6.98. The van der Waals surface area contributed by atoms with Crippen molar-refractivity contribution < 1.29 is 9.90 Å². The van der Waals surface area contributed by atoms with Crippen LogP contribution in [-0.2, 0) is 11.2 Å². The van der Waals surface area contributed by atoms with E-state index in [1.165, 1.54) is 0 Å².